The topological polar surface area (TPSA) is 42.1 Å². The van der Waals surface area contributed by atoms with Crippen molar-refractivity contribution in [2.75, 3.05) is 6.61 Å². The first kappa shape index (κ1) is 15.4. The van der Waals surface area contributed by atoms with Gasteiger partial charge < -0.3 is 9.72 Å². The smallest absolute Gasteiger partial charge is 0.339 e. The quantitative estimate of drug-likeness (QED) is 0.510. The molecular formula is C17H19NO2S. The lowest BCUT2D eigenvalue weighted by Crippen LogP contribution is -2.10. The van der Waals surface area contributed by atoms with E-state index in [1.807, 2.05) is 51.1 Å². The fourth-order valence-electron chi connectivity index (χ4n) is 2.21. The molecule has 4 heteroatoms. The van der Waals surface area contributed by atoms with Crippen LogP contribution < -0.4 is 0 Å². The maximum atomic E-state index is 12.5. The largest absolute Gasteiger partial charge is 0.458 e. The van der Waals surface area contributed by atoms with E-state index in [1.165, 1.54) is 0 Å². The number of ether oxygens (including phenoxy) is 1. The lowest BCUT2D eigenvalue weighted by atomic mass is 10.0. The number of nitrogens with one attached hydrogen (secondary N) is 1. The summed E-state index contributed by atoms with van der Waals surface area (Å²) in [4.78, 5) is 15.6. The van der Waals surface area contributed by atoms with Gasteiger partial charge in [-0.25, -0.2) is 4.79 Å². The molecule has 0 atom stereocenters. The molecule has 2 aromatic rings. The second-order valence-corrected chi connectivity index (χ2v) is 5.49. The van der Waals surface area contributed by atoms with Gasteiger partial charge in [-0.15, -0.1) is 0 Å². The molecule has 110 valence electrons. The zero-order valence-corrected chi connectivity index (χ0v) is 13.3. The van der Waals surface area contributed by atoms with Gasteiger partial charge in [0.2, 0.25) is 0 Å². The van der Waals surface area contributed by atoms with Crippen molar-refractivity contribution in [2.45, 2.75) is 27.2 Å². The number of aromatic nitrogens is 1. The van der Waals surface area contributed by atoms with E-state index in [0.29, 0.717) is 16.6 Å². The summed E-state index contributed by atoms with van der Waals surface area (Å²) in [7, 11) is 0. The first-order chi connectivity index (χ1) is 10.0. The zero-order valence-electron chi connectivity index (χ0n) is 12.5. The molecule has 0 unspecified atom stereocenters. The summed E-state index contributed by atoms with van der Waals surface area (Å²) < 4.78 is 5.97. The fraction of sp³-hybridized carbons (Fsp3) is 0.294. The van der Waals surface area contributed by atoms with Crippen LogP contribution in [0.3, 0.4) is 0 Å². The normalized spacial score (nSPS) is 10.4. The van der Waals surface area contributed by atoms with Crippen LogP contribution in [0.1, 0.15) is 36.7 Å². The van der Waals surface area contributed by atoms with Crippen molar-refractivity contribution in [2.24, 2.45) is 0 Å². The Morgan fingerprint density at radius 1 is 1.33 bits per heavy atom. The molecule has 0 bridgehead atoms. The van der Waals surface area contributed by atoms with Crippen LogP contribution in [0, 0.1) is 4.64 Å². The Labute approximate surface area is 129 Å². The maximum absolute atomic E-state index is 12.5. The Balaban J connectivity index is 2.52. The number of allylic oxidation sites excluding steroid dienone is 1. The Hall–Kier alpha value is -1.94. The third-order valence-corrected chi connectivity index (χ3v) is 3.63. The molecule has 1 heterocycles. The molecule has 0 saturated carbocycles. The Kier molecular flexibility index (Phi) is 4.91. The minimum Gasteiger partial charge on any atom is -0.458 e. The second-order valence-electron chi connectivity index (χ2n) is 5.09. The minimum atomic E-state index is -0.319. The standard InChI is InChI=1S/C17H19NO2S/c1-4-12-15(17(19)20-10-9-11(2)3)13-7-5-6-8-14(13)18-16(12)21/h5-9H,4,10H2,1-3H3,(H,18,21). The Morgan fingerprint density at radius 3 is 2.71 bits per heavy atom. The van der Waals surface area contributed by atoms with Crippen molar-refractivity contribution >= 4 is 29.1 Å². The van der Waals surface area contributed by atoms with E-state index in [9.17, 15) is 4.79 Å². The van der Waals surface area contributed by atoms with Crippen LogP contribution in [0.25, 0.3) is 10.9 Å². The van der Waals surface area contributed by atoms with E-state index in [-0.39, 0.29) is 12.6 Å². The molecule has 0 saturated heterocycles. The molecule has 0 aliphatic rings. The van der Waals surface area contributed by atoms with Crippen molar-refractivity contribution in [3.05, 3.63) is 51.7 Å². The van der Waals surface area contributed by atoms with Gasteiger partial charge in [0.15, 0.2) is 0 Å². The molecule has 0 amide bonds. The van der Waals surface area contributed by atoms with Crippen molar-refractivity contribution in [3.8, 4) is 0 Å². The number of rotatable bonds is 4. The number of carbonyl (C=O) groups is 1. The van der Waals surface area contributed by atoms with Crippen molar-refractivity contribution in [1.82, 2.24) is 4.98 Å². The van der Waals surface area contributed by atoms with Crippen LogP contribution in [-0.4, -0.2) is 17.6 Å². The van der Waals surface area contributed by atoms with Gasteiger partial charge in [-0.2, -0.15) is 0 Å². The number of H-pyrrole nitrogens is 1. The van der Waals surface area contributed by atoms with E-state index >= 15 is 0 Å². The average Bonchev–Trinajstić information content (AvgIpc) is 2.45. The van der Waals surface area contributed by atoms with Crippen molar-refractivity contribution < 1.29 is 9.53 Å². The molecule has 21 heavy (non-hydrogen) atoms. The van der Waals surface area contributed by atoms with Gasteiger partial charge in [-0.1, -0.05) is 42.9 Å². The number of para-hydroxylation sites is 1. The highest BCUT2D eigenvalue weighted by Crippen LogP contribution is 2.23. The average molecular weight is 301 g/mol. The molecule has 0 fully saturated rings. The highest BCUT2D eigenvalue weighted by atomic mass is 32.1. The fourth-order valence-corrected chi connectivity index (χ4v) is 2.57. The molecule has 0 spiro atoms. The van der Waals surface area contributed by atoms with Crippen LogP contribution in [0.5, 0.6) is 0 Å². The number of aromatic amines is 1. The lowest BCUT2D eigenvalue weighted by molar-refractivity contribution is 0.0550. The Morgan fingerprint density at radius 2 is 2.05 bits per heavy atom. The van der Waals surface area contributed by atoms with Crippen LogP contribution in [0.4, 0.5) is 0 Å². The molecule has 0 aliphatic heterocycles. The summed E-state index contributed by atoms with van der Waals surface area (Å²) in [5.74, 6) is -0.319. The molecule has 3 nitrogen and oxygen atoms in total. The van der Waals surface area contributed by atoms with E-state index in [0.717, 1.165) is 22.0 Å². The highest BCUT2D eigenvalue weighted by molar-refractivity contribution is 7.71. The van der Waals surface area contributed by atoms with Crippen molar-refractivity contribution in [1.29, 1.82) is 0 Å². The number of fused-ring (bicyclic) bond motifs is 1. The highest BCUT2D eigenvalue weighted by Gasteiger charge is 2.17. The summed E-state index contributed by atoms with van der Waals surface area (Å²) >= 11 is 5.36. The molecule has 0 aliphatic carbocycles. The summed E-state index contributed by atoms with van der Waals surface area (Å²) in [5.41, 5.74) is 3.40. The van der Waals surface area contributed by atoms with E-state index in [2.05, 4.69) is 4.98 Å². The van der Waals surface area contributed by atoms with Gasteiger partial charge in [-0.3, -0.25) is 0 Å². The third kappa shape index (κ3) is 3.39. The van der Waals surface area contributed by atoms with Gasteiger partial charge in [0.05, 0.1) is 5.56 Å². The van der Waals surface area contributed by atoms with E-state index in [1.54, 1.807) is 0 Å². The predicted octanol–water partition coefficient (Wildman–Crippen LogP) is 4.58. The second kappa shape index (κ2) is 6.68. The van der Waals surface area contributed by atoms with Gasteiger partial charge in [-0.05, 0) is 32.4 Å². The summed E-state index contributed by atoms with van der Waals surface area (Å²) in [6.45, 7) is 6.21. The van der Waals surface area contributed by atoms with E-state index < -0.39 is 0 Å². The number of esters is 1. The van der Waals surface area contributed by atoms with Gasteiger partial charge in [0, 0.05) is 16.5 Å². The van der Waals surface area contributed by atoms with Crippen LogP contribution in [0.15, 0.2) is 35.9 Å². The van der Waals surface area contributed by atoms with Crippen molar-refractivity contribution in [3.63, 3.8) is 0 Å². The first-order valence-corrected chi connectivity index (χ1v) is 7.39. The number of pyridine rings is 1. The van der Waals surface area contributed by atoms with Crippen LogP contribution in [0.2, 0.25) is 0 Å². The third-order valence-electron chi connectivity index (χ3n) is 3.28. The Bertz CT molecular complexity index is 755. The molecular weight excluding hydrogens is 282 g/mol. The van der Waals surface area contributed by atoms with Gasteiger partial charge in [0.25, 0.3) is 0 Å². The number of hydrogen-bond donors (Lipinski definition) is 1. The van der Waals surface area contributed by atoms with E-state index in [4.69, 9.17) is 17.0 Å². The summed E-state index contributed by atoms with van der Waals surface area (Å²) in [5, 5.41) is 0.852. The number of benzene rings is 1. The minimum absolute atomic E-state index is 0.282. The monoisotopic (exact) mass is 301 g/mol. The zero-order chi connectivity index (χ0) is 15.4. The van der Waals surface area contributed by atoms with Crippen LogP contribution in [-0.2, 0) is 11.2 Å². The first-order valence-electron chi connectivity index (χ1n) is 6.99. The molecule has 1 N–H and O–H groups in total. The maximum Gasteiger partial charge on any atom is 0.339 e. The molecule has 2 rings (SSSR count). The molecule has 1 aromatic carbocycles. The lowest BCUT2D eigenvalue weighted by Gasteiger charge is -2.11. The molecule has 0 radical (unpaired) electrons. The SMILES string of the molecule is CCc1c(C(=O)OCC=C(C)C)c2ccccc2[nH]c1=S. The summed E-state index contributed by atoms with van der Waals surface area (Å²) in [6.07, 6.45) is 2.57. The summed E-state index contributed by atoms with van der Waals surface area (Å²) in [6, 6.07) is 7.65. The predicted molar refractivity (Wildman–Crippen MR) is 88.2 cm³/mol. The van der Waals surface area contributed by atoms with Gasteiger partial charge in [0.1, 0.15) is 11.2 Å². The van der Waals surface area contributed by atoms with Gasteiger partial charge >= 0.3 is 5.97 Å². The molecule has 1 aromatic heterocycles. The number of hydrogen-bond acceptors (Lipinski definition) is 3. The van der Waals surface area contributed by atoms with Crippen LogP contribution >= 0.6 is 12.2 Å². The number of carbonyl (C=O) groups excluding carboxylic acids is 1.